The van der Waals surface area contributed by atoms with Gasteiger partial charge in [-0.2, -0.15) is 0 Å². The van der Waals surface area contributed by atoms with E-state index in [1.54, 1.807) is 29.7 Å². The van der Waals surface area contributed by atoms with Crippen LogP contribution in [-0.4, -0.2) is 29.5 Å². The highest BCUT2D eigenvalue weighted by Crippen LogP contribution is 2.10. The van der Waals surface area contributed by atoms with E-state index in [0.29, 0.717) is 0 Å². The molecule has 0 saturated heterocycles. The van der Waals surface area contributed by atoms with Crippen LogP contribution in [0.15, 0.2) is 16.6 Å². The van der Waals surface area contributed by atoms with Gasteiger partial charge in [-0.15, -0.1) is 22.7 Å². The first kappa shape index (κ1) is 14.9. The lowest BCUT2D eigenvalue weighted by atomic mass is 10.3. The highest BCUT2D eigenvalue weighted by molar-refractivity contribution is 7.11. The van der Waals surface area contributed by atoms with Crippen LogP contribution in [0.2, 0.25) is 0 Å². The van der Waals surface area contributed by atoms with Crippen molar-refractivity contribution < 1.29 is 0 Å². The summed E-state index contributed by atoms with van der Waals surface area (Å²) in [4.78, 5) is 14.1. The second-order valence-electron chi connectivity index (χ2n) is 4.31. The Morgan fingerprint density at radius 3 is 2.75 bits per heavy atom. The standard InChI is InChI=1S/C13H19N5S2/c1-9-16-6-12(20-9)7-17-13(14-3)15-5-4-11-8-19-10(2)18-11/h6,8H,4-5,7H2,1-3H3,(H2,14,15,17). The van der Waals surface area contributed by atoms with E-state index in [-0.39, 0.29) is 0 Å². The second kappa shape index (κ2) is 7.35. The zero-order valence-corrected chi connectivity index (χ0v) is 13.6. The highest BCUT2D eigenvalue weighted by atomic mass is 32.1. The quantitative estimate of drug-likeness (QED) is 0.656. The minimum Gasteiger partial charge on any atom is -0.356 e. The molecule has 0 aliphatic rings. The van der Waals surface area contributed by atoms with Gasteiger partial charge in [0, 0.05) is 36.5 Å². The molecule has 2 N–H and O–H groups in total. The number of aryl methyl sites for hydroxylation is 2. The van der Waals surface area contributed by atoms with Crippen LogP contribution in [-0.2, 0) is 13.0 Å². The fraction of sp³-hybridized carbons (Fsp3) is 0.462. The normalized spacial score (nSPS) is 11.7. The summed E-state index contributed by atoms with van der Waals surface area (Å²) in [6.45, 7) is 5.61. The number of aliphatic imine (C=N–C) groups is 1. The van der Waals surface area contributed by atoms with E-state index in [9.17, 15) is 0 Å². The molecule has 20 heavy (non-hydrogen) atoms. The lowest BCUT2D eigenvalue weighted by molar-refractivity contribution is 0.789. The summed E-state index contributed by atoms with van der Waals surface area (Å²) < 4.78 is 0. The molecular weight excluding hydrogens is 290 g/mol. The lowest BCUT2D eigenvalue weighted by Crippen LogP contribution is -2.37. The van der Waals surface area contributed by atoms with Crippen molar-refractivity contribution in [1.82, 2.24) is 20.6 Å². The number of hydrogen-bond acceptors (Lipinski definition) is 5. The van der Waals surface area contributed by atoms with Crippen molar-refractivity contribution in [2.45, 2.75) is 26.8 Å². The third-order valence-electron chi connectivity index (χ3n) is 2.66. The van der Waals surface area contributed by atoms with Crippen LogP contribution in [0.25, 0.3) is 0 Å². The molecule has 0 radical (unpaired) electrons. The van der Waals surface area contributed by atoms with Crippen LogP contribution in [0.1, 0.15) is 20.6 Å². The third kappa shape index (κ3) is 4.57. The molecule has 0 aliphatic heterocycles. The van der Waals surface area contributed by atoms with Crippen LogP contribution in [0, 0.1) is 13.8 Å². The van der Waals surface area contributed by atoms with Crippen LogP contribution in [0.5, 0.6) is 0 Å². The maximum Gasteiger partial charge on any atom is 0.191 e. The zero-order chi connectivity index (χ0) is 14.4. The molecule has 2 aromatic rings. The summed E-state index contributed by atoms with van der Waals surface area (Å²) in [7, 11) is 1.78. The Balaban J connectivity index is 1.72. The molecule has 2 aromatic heterocycles. The Morgan fingerprint density at radius 2 is 2.15 bits per heavy atom. The van der Waals surface area contributed by atoms with Gasteiger partial charge in [0.1, 0.15) is 0 Å². The fourth-order valence-corrected chi connectivity index (χ4v) is 3.09. The number of nitrogens with zero attached hydrogens (tertiary/aromatic N) is 3. The van der Waals surface area contributed by atoms with E-state index in [1.807, 2.05) is 20.0 Å². The number of nitrogens with one attached hydrogen (secondary N) is 2. The van der Waals surface area contributed by atoms with E-state index in [4.69, 9.17) is 0 Å². The molecule has 7 heteroatoms. The third-order valence-corrected chi connectivity index (χ3v) is 4.40. The maximum atomic E-state index is 4.44. The van der Waals surface area contributed by atoms with Crippen molar-refractivity contribution in [3.05, 3.63) is 32.2 Å². The van der Waals surface area contributed by atoms with Gasteiger partial charge in [0.05, 0.1) is 22.3 Å². The van der Waals surface area contributed by atoms with E-state index < -0.39 is 0 Å². The monoisotopic (exact) mass is 309 g/mol. The summed E-state index contributed by atoms with van der Waals surface area (Å²) in [5, 5.41) is 10.9. The van der Waals surface area contributed by atoms with Crippen molar-refractivity contribution in [2.24, 2.45) is 4.99 Å². The van der Waals surface area contributed by atoms with Gasteiger partial charge in [0.15, 0.2) is 5.96 Å². The van der Waals surface area contributed by atoms with E-state index >= 15 is 0 Å². The van der Waals surface area contributed by atoms with Crippen molar-refractivity contribution in [1.29, 1.82) is 0 Å². The van der Waals surface area contributed by atoms with E-state index in [1.165, 1.54) is 4.88 Å². The number of hydrogen-bond donors (Lipinski definition) is 2. The Kier molecular flexibility index (Phi) is 5.49. The van der Waals surface area contributed by atoms with Gasteiger partial charge < -0.3 is 10.6 Å². The van der Waals surface area contributed by atoms with Crippen molar-refractivity contribution >= 4 is 28.6 Å². The maximum absolute atomic E-state index is 4.44. The summed E-state index contributed by atoms with van der Waals surface area (Å²) in [5.41, 5.74) is 1.13. The van der Waals surface area contributed by atoms with Crippen molar-refractivity contribution in [2.75, 3.05) is 13.6 Å². The molecular formula is C13H19N5S2. The first-order valence-electron chi connectivity index (χ1n) is 6.44. The predicted molar refractivity (Wildman–Crippen MR) is 85.6 cm³/mol. The Hall–Kier alpha value is -1.47. The minimum atomic E-state index is 0.751. The molecule has 0 atom stereocenters. The van der Waals surface area contributed by atoms with E-state index in [0.717, 1.165) is 41.2 Å². The smallest absolute Gasteiger partial charge is 0.191 e. The molecule has 0 spiro atoms. The van der Waals surface area contributed by atoms with Crippen molar-refractivity contribution in [3.8, 4) is 0 Å². The first-order valence-corrected chi connectivity index (χ1v) is 8.14. The van der Waals surface area contributed by atoms with Crippen molar-refractivity contribution in [3.63, 3.8) is 0 Å². The molecule has 0 amide bonds. The van der Waals surface area contributed by atoms with Gasteiger partial charge in [0.25, 0.3) is 0 Å². The minimum absolute atomic E-state index is 0.751. The van der Waals surface area contributed by atoms with Gasteiger partial charge >= 0.3 is 0 Å². The average Bonchev–Trinajstić information content (AvgIpc) is 3.02. The predicted octanol–water partition coefficient (Wildman–Crippen LogP) is 2.12. The number of guanidine groups is 1. The number of thiazole rings is 2. The first-order chi connectivity index (χ1) is 9.67. The molecule has 0 unspecified atom stereocenters. The van der Waals surface area contributed by atoms with Crippen LogP contribution in [0.4, 0.5) is 0 Å². The molecule has 0 saturated carbocycles. The Labute approximate surface area is 127 Å². The molecule has 2 heterocycles. The van der Waals surface area contributed by atoms with Gasteiger partial charge in [-0.3, -0.25) is 4.99 Å². The second-order valence-corrected chi connectivity index (χ2v) is 6.69. The number of aromatic nitrogens is 2. The van der Waals surface area contributed by atoms with Gasteiger partial charge in [-0.1, -0.05) is 0 Å². The SMILES string of the molecule is CN=C(NCCc1csc(C)n1)NCc1cnc(C)s1. The van der Waals surface area contributed by atoms with Crippen LogP contribution in [0.3, 0.4) is 0 Å². The van der Waals surface area contributed by atoms with Crippen LogP contribution < -0.4 is 10.6 Å². The van der Waals surface area contributed by atoms with Gasteiger partial charge in [-0.25, -0.2) is 9.97 Å². The molecule has 5 nitrogen and oxygen atoms in total. The molecule has 0 aromatic carbocycles. The Morgan fingerprint density at radius 1 is 1.30 bits per heavy atom. The van der Waals surface area contributed by atoms with Crippen LogP contribution >= 0.6 is 22.7 Å². The Bertz CT molecular complexity index is 573. The molecule has 0 bridgehead atoms. The summed E-state index contributed by atoms with van der Waals surface area (Å²) >= 11 is 3.39. The van der Waals surface area contributed by atoms with E-state index in [2.05, 4.69) is 31.0 Å². The largest absolute Gasteiger partial charge is 0.356 e. The number of rotatable bonds is 5. The highest BCUT2D eigenvalue weighted by Gasteiger charge is 2.02. The topological polar surface area (TPSA) is 62.2 Å². The molecule has 0 fully saturated rings. The zero-order valence-electron chi connectivity index (χ0n) is 11.9. The van der Waals surface area contributed by atoms with Gasteiger partial charge in [-0.05, 0) is 13.8 Å². The molecule has 0 aliphatic carbocycles. The average molecular weight is 309 g/mol. The summed E-state index contributed by atoms with van der Waals surface area (Å²) in [5.74, 6) is 0.808. The summed E-state index contributed by atoms with van der Waals surface area (Å²) in [6, 6.07) is 0. The molecule has 2 rings (SSSR count). The molecule has 108 valence electrons. The fourth-order valence-electron chi connectivity index (χ4n) is 1.71. The summed E-state index contributed by atoms with van der Waals surface area (Å²) in [6.07, 6.45) is 2.81. The van der Waals surface area contributed by atoms with Gasteiger partial charge in [0.2, 0.25) is 0 Å². The lowest BCUT2D eigenvalue weighted by Gasteiger charge is -2.10.